The molecule has 1 fully saturated rings. The van der Waals surface area contributed by atoms with Gasteiger partial charge in [0.2, 0.25) is 0 Å². The summed E-state index contributed by atoms with van der Waals surface area (Å²) < 4.78 is 6.20. The Kier molecular flexibility index (Phi) is 6.78. The number of aliphatic hydroxyl groups is 1. The van der Waals surface area contributed by atoms with Gasteiger partial charge >= 0.3 is 0 Å². The van der Waals surface area contributed by atoms with Crippen LogP contribution < -0.4 is 5.32 Å². The average Bonchev–Trinajstić information content (AvgIpc) is 3.28. The number of aliphatic imine (C=N–C) groups is 1. The van der Waals surface area contributed by atoms with Crippen LogP contribution in [0.15, 0.2) is 35.0 Å². The van der Waals surface area contributed by atoms with Gasteiger partial charge in [-0.2, -0.15) is 5.26 Å². The van der Waals surface area contributed by atoms with Crippen LogP contribution >= 0.6 is 0 Å². The minimum atomic E-state index is -0.616. The number of H-pyrrole nitrogens is 1. The van der Waals surface area contributed by atoms with E-state index in [0.717, 1.165) is 31.4 Å². The highest BCUT2D eigenvalue weighted by atomic mass is 16.5. The molecule has 4 rings (SSSR count). The van der Waals surface area contributed by atoms with Crippen molar-refractivity contribution in [3.63, 3.8) is 0 Å². The van der Waals surface area contributed by atoms with Crippen LogP contribution in [-0.2, 0) is 4.74 Å². The molecule has 8 heteroatoms. The molecule has 3 N–H and O–H groups in total. The first-order valence-electron chi connectivity index (χ1n) is 12.4. The van der Waals surface area contributed by atoms with Crippen LogP contribution in [-0.4, -0.2) is 56.6 Å². The third-order valence-electron chi connectivity index (χ3n) is 7.39. The lowest BCUT2D eigenvalue weighted by Crippen LogP contribution is -2.51. The van der Waals surface area contributed by atoms with Gasteiger partial charge in [0, 0.05) is 17.8 Å². The number of carbonyl (C=O) groups excluding carboxylic acids is 1. The molecule has 0 aromatic carbocycles. The van der Waals surface area contributed by atoms with Gasteiger partial charge in [0.15, 0.2) is 11.5 Å². The summed E-state index contributed by atoms with van der Waals surface area (Å²) in [5, 5.41) is 22.1. The zero-order valence-corrected chi connectivity index (χ0v) is 21.4. The zero-order chi connectivity index (χ0) is 25.4. The molecule has 8 nitrogen and oxygen atoms in total. The highest BCUT2D eigenvalue weighted by molar-refractivity contribution is 5.98. The van der Waals surface area contributed by atoms with Gasteiger partial charge in [-0.1, -0.05) is 26.0 Å². The molecular formula is C27H37N5O3. The summed E-state index contributed by atoms with van der Waals surface area (Å²) >= 11 is 0. The van der Waals surface area contributed by atoms with Gasteiger partial charge in [0.05, 0.1) is 29.9 Å². The van der Waals surface area contributed by atoms with Crippen molar-refractivity contribution in [2.45, 2.75) is 90.0 Å². The van der Waals surface area contributed by atoms with Gasteiger partial charge in [-0.15, -0.1) is 0 Å². The maximum absolute atomic E-state index is 12.9. The highest BCUT2D eigenvalue weighted by Gasteiger charge is 2.44. The molecule has 0 saturated carbocycles. The number of dihydropyridines is 1. The van der Waals surface area contributed by atoms with Crippen molar-refractivity contribution >= 4 is 11.6 Å². The van der Waals surface area contributed by atoms with E-state index in [1.807, 2.05) is 25.1 Å². The Morgan fingerprint density at radius 3 is 2.71 bits per heavy atom. The molecule has 1 aliphatic carbocycles. The predicted octanol–water partition coefficient (Wildman–Crippen LogP) is 3.85. The van der Waals surface area contributed by atoms with Crippen LogP contribution in [0.3, 0.4) is 0 Å². The molecule has 0 bridgehead atoms. The first-order valence-corrected chi connectivity index (χ1v) is 12.4. The van der Waals surface area contributed by atoms with Crippen LogP contribution in [0.2, 0.25) is 0 Å². The first-order chi connectivity index (χ1) is 16.4. The number of imidazole rings is 1. The highest BCUT2D eigenvalue weighted by Crippen LogP contribution is 2.41. The fourth-order valence-electron chi connectivity index (χ4n) is 5.59. The van der Waals surface area contributed by atoms with Crippen molar-refractivity contribution in [2.75, 3.05) is 6.61 Å². The minimum Gasteiger partial charge on any atom is -0.393 e. The molecule has 4 atom stereocenters. The third kappa shape index (κ3) is 5.74. The minimum absolute atomic E-state index is 0.0416. The van der Waals surface area contributed by atoms with Gasteiger partial charge in [-0.3, -0.25) is 9.79 Å². The number of hydrogen-bond acceptors (Lipinski definition) is 6. The molecule has 188 valence electrons. The largest absolute Gasteiger partial charge is 0.393 e. The van der Waals surface area contributed by atoms with E-state index in [4.69, 9.17) is 15.0 Å². The Morgan fingerprint density at radius 2 is 2.09 bits per heavy atom. The van der Waals surface area contributed by atoms with Gasteiger partial charge in [-0.25, -0.2) is 4.98 Å². The van der Waals surface area contributed by atoms with Gasteiger partial charge in [0.1, 0.15) is 6.07 Å². The van der Waals surface area contributed by atoms with E-state index < -0.39 is 5.60 Å². The Labute approximate surface area is 207 Å². The standard InChI is InChI=1S/C27H37N5O3/c1-25(2)10-8-17(9-11-25)22-21(32-24(34)23-29-15-19(14-28)30-23)7-6-20(31-22)18-12-26(3,4)35-27(5,13-18)16-33/h6-8,15,18,21-22,33H,9-13,16H2,1-5H3,(H,29,30)(H,32,34)/t18?,21?,22?,27-/m1/s1. The van der Waals surface area contributed by atoms with Crippen molar-refractivity contribution in [3.05, 3.63) is 41.5 Å². The number of aromatic nitrogens is 2. The molecule has 3 unspecified atom stereocenters. The Morgan fingerprint density at radius 1 is 1.31 bits per heavy atom. The second-order valence-corrected chi connectivity index (χ2v) is 11.8. The Bertz CT molecular complexity index is 1110. The molecule has 3 aliphatic rings. The number of nitriles is 1. The molecule has 1 aromatic heterocycles. The number of hydrogen-bond donors (Lipinski definition) is 3. The van der Waals surface area contributed by atoms with Crippen molar-refractivity contribution in [1.82, 2.24) is 15.3 Å². The van der Waals surface area contributed by atoms with Crippen LogP contribution in [0, 0.1) is 22.7 Å². The number of ether oxygens (including phenoxy) is 1. The normalized spacial score (nSPS) is 31.7. The predicted molar refractivity (Wildman–Crippen MR) is 134 cm³/mol. The summed E-state index contributed by atoms with van der Waals surface area (Å²) in [7, 11) is 0. The fraction of sp³-hybridized carbons (Fsp3) is 0.630. The number of aliphatic hydroxyl groups excluding tert-OH is 1. The van der Waals surface area contributed by atoms with E-state index in [9.17, 15) is 9.90 Å². The average molecular weight is 480 g/mol. The van der Waals surface area contributed by atoms with E-state index in [2.05, 4.69) is 49.1 Å². The lowest BCUT2D eigenvalue weighted by molar-refractivity contribution is -0.189. The van der Waals surface area contributed by atoms with Crippen molar-refractivity contribution in [2.24, 2.45) is 16.3 Å². The van der Waals surface area contributed by atoms with Gasteiger partial charge in [0.25, 0.3) is 5.91 Å². The summed E-state index contributed by atoms with van der Waals surface area (Å²) in [5.74, 6) is -0.0936. The van der Waals surface area contributed by atoms with E-state index in [1.165, 1.54) is 11.8 Å². The molecule has 35 heavy (non-hydrogen) atoms. The number of allylic oxidation sites excluding steroid dienone is 2. The van der Waals surface area contributed by atoms with Crippen LogP contribution in [0.5, 0.6) is 0 Å². The van der Waals surface area contributed by atoms with Crippen LogP contribution in [0.1, 0.15) is 83.0 Å². The molecule has 1 amide bonds. The molecule has 1 aromatic rings. The summed E-state index contributed by atoms with van der Waals surface area (Å²) in [4.78, 5) is 24.9. The molecule has 3 heterocycles. The Balaban J connectivity index is 1.61. The summed E-state index contributed by atoms with van der Waals surface area (Å²) in [6.07, 6.45) is 12.2. The van der Waals surface area contributed by atoms with Crippen molar-refractivity contribution in [3.8, 4) is 6.07 Å². The first kappa shape index (κ1) is 25.3. The second kappa shape index (κ2) is 9.36. The summed E-state index contributed by atoms with van der Waals surface area (Å²) in [5.41, 5.74) is 1.68. The molecule has 0 radical (unpaired) electrons. The Hall–Kier alpha value is -2.76. The topological polar surface area (TPSA) is 123 Å². The number of aromatic amines is 1. The molecular weight excluding hydrogens is 442 g/mol. The molecule has 0 spiro atoms. The number of nitrogens with zero attached hydrogens (tertiary/aromatic N) is 3. The quantitative estimate of drug-likeness (QED) is 0.554. The maximum Gasteiger partial charge on any atom is 0.287 e. The van der Waals surface area contributed by atoms with Crippen LogP contribution in [0.4, 0.5) is 0 Å². The van der Waals surface area contributed by atoms with Gasteiger partial charge < -0.3 is 20.1 Å². The lowest BCUT2D eigenvalue weighted by Gasteiger charge is -2.47. The lowest BCUT2D eigenvalue weighted by atomic mass is 9.74. The van der Waals surface area contributed by atoms with E-state index in [0.29, 0.717) is 6.42 Å². The number of nitrogens with one attached hydrogen (secondary N) is 2. The van der Waals surface area contributed by atoms with Crippen LogP contribution in [0.25, 0.3) is 0 Å². The maximum atomic E-state index is 12.9. The molecule has 2 aliphatic heterocycles. The monoisotopic (exact) mass is 479 g/mol. The zero-order valence-electron chi connectivity index (χ0n) is 21.4. The number of carbonyl (C=O) groups is 1. The van der Waals surface area contributed by atoms with Crippen molar-refractivity contribution < 1.29 is 14.6 Å². The van der Waals surface area contributed by atoms with Crippen molar-refractivity contribution in [1.29, 1.82) is 5.26 Å². The van der Waals surface area contributed by atoms with E-state index in [1.54, 1.807) is 0 Å². The van der Waals surface area contributed by atoms with E-state index in [-0.39, 0.29) is 53.1 Å². The SMILES string of the molecule is CC1(C)CC=C(C2N=C(C3CC(C)(C)O[C@@](C)(CO)C3)C=CC2NC(=O)c2nc(C#N)c[nH]2)CC1. The smallest absolute Gasteiger partial charge is 0.287 e. The van der Waals surface area contributed by atoms with E-state index >= 15 is 0 Å². The third-order valence-corrected chi connectivity index (χ3v) is 7.39. The summed E-state index contributed by atoms with van der Waals surface area (Å²) in [6.45, 7) is 10.6. The number of amides is 1. The summed E-state index contributed by atoms with van der Waals surface area (Å²) in [6, 6.07) is 1.42. The molecule has 1 saturated heterocycles. The number of rotatable bonds is 5. The second-order valence-electron chi connectivity index (χ2n) is 11.8. The fourth-order valence-corrected chi connectivity index (χ4v) is 5.59. The van der Waals surface area contributed by atoms with Gasteiger partial charge in [-0.05, 0) is 69.9 Å².